The van der Waals surface area contributed by atoms with Gasteiger partial charge in [0.15, 0.2) is 29.8 Å². The maximum atomic E-state index is 12.3. The van der Waals surface area contributed by atoms with Gasteiger partial charge in [0.05, 0.1) is 12.9 Å². The van der Waals surface area contributed by atoms with Crippen LogP contribution in [0.5, 0.6) is 0 Å². The lowest BCUT2D eigenvalue weighted by Crippen LogP contribution is -2.60. The fourth-order valence-corrected chi connectivity index (χ4v) is 6.00. The summed E-state index contributed by atoms with van der Waals surface area (Å²) in [5.74, 6) is -2.14. The molecule has 24 heteroatoms. The van der Waals surface area contributed by atoms with Crippen LogP contribution in [0.2, 0.25) is 0 Å². The number of aromatic amines is 1. The van der Waals surface area contributed by atoms with Gasteiger partial charge < -0.3 is 55.6 Å². The van der Waals surface area contributed by atoms with E-state index in [9.17, 15) is 54.0 Å². The summed E-state index contributed by atoms with van der Waals surface area (Å²) in [5, 5.41) is 59.0. The van der Waals surface area contributed by atoms with Gasteiger partial charge in [0.2, 0.25) is 5.95 Å². The van der Waals surface area contributed by atoms with Gasteiger partial charge in [0, 0.05) is 0 Å². The van der Waals surface area contributed by atoms with Crippen molar-refractivity contribution in [3.8, 4) is 0 Å². The van der Waals surface area contributed by atoms with E-state index in [1.807, 2.05) is 0 Å². The molecule has 4 rings (SSSR count). The first-order chi connectivity index (χ1) is 18.5. The zero-order valence-electron chi connectivity index (χ0n) is 19.5. The molecule has 2 aliphatic heterocycles. The molecule has 0 aromatic carbocycles. The van der Waals surface area contributed by atoms with Gasteiger partial charge >= 0.3 is 21.6 Å². The summed E-state index contributed by atoms with van der Waals surface area (Å²) in [7, 11) is -11.3. The number of hydrogen-bond acceptors (Lipinski definition) is 17. The van der Waals surface area contributed by atoms with Crippen molar-refractivity contribution in [2.24, 2.45) is 0 Å². The van der Waals surface area contributed by atoms with Gasteiger partial charge in [-0.25, -0.2) is 18.9 Å². The number of H-pyrrole nitrogens is 1. The second-order valence-electron chi connectivity index (χ2n) is 8.48. The average molecular weight is 619 g/mol. The number of hydrogen-bond donors (Lipinski definition) is 10. The van der Waals surface area contributed by atoms with Crippen LogP contribution >= 0.6 is 15.6 Å². The number of aliphatic hydroxyl groups excluding tert-OH is 5. The van der Waals surface area contributed by atoms with E-state index in [0.29, 0.717) is 0 Å². The minimum Gasteiger partial charge on any atom is -0.479 e. The van der Waals surface area contributed by atoms with E-state index in [2.05, 4.69) is 33.0 Å². The Hall–Kier alpha value is -2.40. The van der Waals surface area contributed by atoms with Crippen molar-refractivity contribution >= 4 is 38.7 Å². The van der Waals surface area contributed by atoms with Gasteiger partial charge in [-0.2, -0.15) is 9.29 Å². The van der Waals surface area contributed by atoms with E-state index < -0.39 is 89.0 Å². The Balaban J connectivity index is 1.40. The fraction of sp³-hybridized carbons (Fsp3) is 0.625. The molecule has 40 heavy (non-hydrogen) atoms. The van der Waals surface area contributed by atoms with Gasteiger partial charge in [0.1, 0.15) is 36.6 Å². The number of aliphatic carboxylic acids is 1. The predicted molar refractivity (Wildman–Crippen MR) is 121 cm³/mol. The molecule has 2 unspecified atom stereocenters. The van der Waals surface area contributed by atoms with E-state index in [0.717, 1.165) is 10.9 Å². The summed E-state index contributed by atoms with van der Waals surface area (Å²) in [6, 6.07) is 0. The monoisotopic (exact) mass is 619 g/mol. The molecule has 0 amide bonds. The maximum absolute atomic E-state index is 12.3. The number of carboxylic acid groups (broad SMARTS) is 1. The molecule has 0 spiro atoms. The van der Waals surface area contributed by atoms with Crippen LogP contribution in [-0.4, -0.2) is 122 Å². The molecule has 2 aromatic rings. The van der Waals surface area contributed by atoms with E-state index in [4.69, 9.17) is 15.6 Å². The summed E-state index contributed by atoms with van der Waals surface area (Å²) in [4.78, 5) is 52.7. The lowest BCUT2D eigenvalue weighted by Gasteiger charge is -2.38. The van der Waals surface area contributed by atoms with Gasteiger partial charge in [-0.3, -0.25) is 23.4 Å². The number of phosphoric acid groups is 2. The van der Waals surface area contributed by atoms with E-state index in [1.165, 1.54) is 0 Å². The first-order valence-corrected chi connectivity index (χ1v) is 13.9. The van der Waals surface area contributed by atoms with Crippen LogP contribution in [-0.2, 0) is 36.8 Å². The Kier molecular flexibility index (Phi) is 8.49. The van der Waals surface area contributed by atoms with Gasteiger partial charge in [-0.1, -0.05) is 0 Å². The number of ether oxygens (including phenoxy) is 2. The highest BCUT2D eigenvalue weighted by Gasteiger charge is 2.51. The molecule has 11 N–H and O–H groups in total. The predicted octanol–water partition coefficient (Wildman–Crippen LogP) is -4.54. The van der Waals surface area contributed by atoms with Crippen molar-refractivity contribution < 1.29 is 77.2 Å². The molecule has 2 aromatic heterocycles. The van der Waals surface area contributed by atoms with Crippen LogP contribution in [0.3, 0.4) is 0 Å². The number of nitrogens with one attached hydrogen (secondary N) is 1. The Labute approximate surface area is 220 Å². The van der Waals surface area contributed by atoms with Crippen LogP contribution in [0.1, 0.15) is 6.23 Å². The van der Waals surface area contributed by atoms with Crippen LogP contribution in [0, 0.1) is 0 Å². The zero-order chi connectivity index (χ0) is 29.7. The molecule has 22 nitrogen and oxygen atoms in total. The third-order valence-corrected chi connectivity index (χ3v) is 8.32. The summed E-state index contributed by atoms with van der Waals surface area (Å²) in [6.07, 6.45) is -16.8. The van der Waals surface area contributed by atoms with E-state index in [1.54, 1.807) is 0 Å². The number of nitrogen functional groups attached to an aromatic ring is 1. The number of carbonyl (C=O) groups is 1. The number of carboxylic acids is 1. The van der Waals surface area contributed by atoms with Crippen LogP contribution in [0.15, 0.2) is 11.1 Å². The molecule has 2 saturated heterocycles. The van der Waals surface area contributed by atoms with Gasteiger partial charge in [0.25, 0.3) is 5.56 Å². The van der Waals surface area contributed by atoms with Gasteiger partial charge in [-0.05, 0) is 0 Å². The maximum Gasteiger partial charge on any atom is 0.483 e. The molecule has 224 valence electrons. The largest absolute Gasteiger partial charge is 0.483 e. The van der Waals surface area contributed by atoms with Crippen molar-refractivity contribution in [1.29, 1.82) is 0 Å². The fourth-order valence-electron chi connectivity index (χ4n) is 3.84. The Bertz CT molecular complexity index is 1420. The molecule has 11 atom stereocenters. The van der Waals surface area contributed by atoms with Crippen molar-refractivity contribution in [2.45, 2.75) is 55.2 Å². The summed E-state index contributed by atoms with van der Waals surface area (Å²) in [5.41, 5.74) is 4.48. The molecule has 0 bridgehead atoms. The lowest BCUT2D eigenvalue weighted by molar-refractivity contribution is -0.274. The number of nitrogens with zero attached hydrogens (tertiary/aromatic N) is 3. The van der Waals surface area contributed by atoms with Crippen molar-refractivity contribution in [1.82, 2.24) is 19.5 Å². The van der Waals surface area contributed by atoms with Crippen molar-refractivity contribution in [3.63, 3.8) is 0 Å². The highest BCUT2D eigenvalue weighted by Crippen LogP contribution is 2.61. The second kappa shape index (κ2) is 11.1. The number of nitrogens with two attached hydrogens (primary N) is 1. The molecule has 0 radical (unpaired) electrons. The Morgan fingerprint density at radius 2 is 1.73 bits per heavy atom. The number of phosphoric ester groups is 2. The minimum absolute atomic E-state index is 0.136. The molecule has 4 heterocycles. The number of imidazole rings is 1. The van der Waals surface area contributed by atoms with Crippen molar-refractivity contribution in [2.75, 3.05) is 12.3 Å². The lowest BCUT2D eigenvalue weighted by atomic mass is 9.99. The SMILES string of the molecule is Nc1nc2c(ncn2[C@@H]2O[C@H](COP(=O)(O)OP(=O)(O)O[C@@H]3O[C@H](C(=O)O)[C@@H](O)[C@H](O)[C@@H]3O)[C@@H](O)[C@H]2O)c(=O)[nH]1. The first-order valence-electron chi connectivity index (χ1n) is 10.9. The molecule has 2 fully saturated rings. The molecule has 0 saturated carbocycles. The third kappa shape index (κ3) is 6.10. The smallest absolute Gasteiger partial charge is 0.479 e. The van der Waals surface area contributed by atoms with E-state index in [-0.39, 0.29) is 17.1 Å². The van der Waals surface area contributed by atoms with Crippen LogP contribution < -0.4 is 11.3 Å². The Morgan fingerprint density at radius 1 is 1.05 bits per heavy atom. The number of fused-ring (bicyclic) bond motifs is 1. The summed E-state index contributed by atoms with van der Waals surface area (Å²) in [6.45, 7) is -1.04. The van der Waals surface area contributed by atoms with Crippen LogP contribution in [0.25, 0.3) is 11.2 Å². The van der Waals surface area contributed by atoms with Crippen molar-refractivity contribution in [3.05, 3.63) is 16.7 Å². The average Bonchev–Trinajstić information content (AvgIpc) is 3.38. The zero-order valence-corrected chi connectivity index (χ0v) is 21.3. The third-order valence-electron chi connectivity index (χ3n) is 5.72. The number of anilines is 1. The molecule has 0 aliphatic carbocycles. The quantitative estimate of drug-likeness (QED) is 0.118. The summed E-state index contributed by atoms with van der Waals surface area (Å²) < 4.78 is 48.6. The number of aliphatic hydroxyl groups is 5. The number of rotatable bonds is 9. The van der Waals surface area contributed by atoms with Gasteiger partial charge in [-0.15, -0.1) is 0 Å². The highest BCUT2D eigenvalue weighted by atomic mass is 31.3. The standard InChI is InChI=1S/C16H23N5O17P2/c17-16-19-11-4(12(27)20-16)18-2-21(11)13-8(25)5(22)3(35-13)1-34-39(30,31)38-40(32,33)37-15-9(26)6(23)7(24)10(36-15)14(28)29/h2-3,5-10,13,15,22-26H,1H2,(H,28,29)(H,30,31)(H,32,33)(H3,17,19,20,27)/t3-,5-,6+,7+,8-,9+,10+,13-,15+/m1/s1. The molecular weight excluding hydrogens is 596 g/mol. The second-order valence-corrected chi connectivity index (χ2v) is 11.5. The highest BCUT2D eigenvalue weighted by molar-refractivity contribution is 7.61. The Morgan fingerprint density at radius 3 is 2.38 bits per heavy atom. The number of aromatic nitrogens is 4. The van der Waals surface area contributed by atoms with E-state index >= 15 is 0 Å². The first kappa shape index (κ1) is 30.6. The molecule has 2 aliphatic rings. The topological polar surface area (TPSA) is 349 Å². The molecular formula is C16H23N5O17P2. The van der Waals surface area contributed by atoms with Crippen LogP contribution in [0.4, 0.5) is 5.95 Å². The normalized spacial score (nSPS) is 35.8. The summed E-state index contributed by atoms with van der Waals surface area (Å²) >= 11 is 0. The minimum atomic E-state index is -5.73.